The minimum atomic E-state index is 0.668. The summed E-state index contributed by atoms with van der Waals surface area (Å²) in [5.74, 6) is 0. The number of hydrogen-bond acceptors (Lipinski definition) is 4. The van der Waals surface area contributed by atoms with Crippen molar-refractivity contribution in [3.8, 4) is 0 Å². The first-order valence-electron chi connectivity index (χ1n) is 8.87. The van der Waals surface area contributed by atoms with Crippen molar-refractivity contribution in [3.63, 3.8) is 0 Å². The van der Waals surface area contributed by atoms with Crippen LogP contribution in [-0.2, 0) is 11.3 Å². The first-order valence-corrected chi connectivity index (χ1v) is 9.25. The van der Waals surface area contributed by atoms with Gasteiger partial charge in [0.05, 0.1) is 24.4 Å². The third kappa shape index (κ3) is 3.72. The van der Waals surface area contributed by atoms with Crippen LogP contribution in [0.25, 0.3) is 10.9 Å². The van der Waals surface area contributed by atoms with Crippen LogP contribution in [0.5, 0.6) is 0 Å². The molecule has 0 saturated carbocycles. The Morgan fingerprint density at radius 1 is 1.12 bits per heavy atom. The van der Waals surface area contributed by atoms with Crippen LogP contribution in [0.4, 0.5) is 0 Å². The number of benzene rings is 1. The molecule has 1 atom stereocenters. The molecular weight excluding hydrogens is 322 g/mol. The van der Waals surface area contributed by atoms with Crippen molar-refractivity contribution in [3.05, 3.63) is 41.0 Å². The normalized spacial score (nSPS) is 23.6. The third-order valence-corrected chi connectivity index (χ3v) is 5.37. The highest BCUT2D eigenvalue weighted by atomic mass is 35.5. The van der Waals surface area contributed by atoms with E-state index in [0.29, 0.717) is 6.04 Å². The number of ether oxygens (including phenoxy) is 1. The van der Waals surface area contributed by atoms with E-state index in [1.807, 2.05) is 18.2 Å². The molecule has 0 spiro atoms. The topological polar surface area (TPSA) is 28.6 Å². The van der Waals surface area contributed by atoms with Crippen molar-refractivity contribution >= 4 is 22.5 Å². The van der Waals surface area contributed by atoms with Crippen LogP contribution >= 0.6 is 11.6 Å². The molecule has 0 bridgehead atoms. The SMILES string of the molecule is Clc1ccc2nc(CN3CCC[C@@H](N4CCOCC4)C3)ccc2c1. The Morgan fingerprint density at radius 3 is 2.88 bits per heavy atom. The number of rotatable bonds is 3. The largest absolute Gasteiger partial charge is 0.379 e. The molecule has 4 rings (SSSR count). The molecule has 0 unspecified atom stereocenters. The van der Waals surface area contributed by atoms with Crippen LogP contribution in [-0.4, -0.2) is 60.2 Å². The molecule has 2 aliphatic heterocycles. The minimum Gasteiger partial charge on any atom is -0.379 e. The van der Waals surface area contributed by atoms with Gasteiger partial charge >= 0.3 is 0 Å². The van der Waals surface area contributed by atoms with Gasteiger partial charge in [0, 0.05) is 42.6 Å². The van der Waals surface area contributed by atoms with Gasteiger partial charge in [0.2, 0.25) is 0 Å². The van der Waals surface area contributed by atoms with E-state index in [-0.39, 0.29) is 0 Å². The molecule has 2 saturated heterocycles. The molecule has 0 aliphatic carbocycles. The second-order valence-corrected chi connectivity index (χ2v) is 7.26. The summed E-state index contributed by atoms with van der Waals surface area (Å²) in [7, 11) is 0. The second-order valence-electron chi connectivity index (χ2n) is 6.82. The van der Waals surface area contributed by atoms with Gasteiger partial charge in [0.25, 0.3) is 0 Å². The molecule has 4 nitrogen and oxygen atoms in total. The molecule has 2 aromatic rings. The number of nitrogens with zero attached hydrogens (tertiary/aromatic N) is 3. The maximum atomic E-state index is 6.05. The van der Waals surface area contributed by atoms with E-state index in [9.17, 15) is 0 Å². The maximum absolute atomic E-state index is 6.05. The van der Waals surface area contributed by atoms with E-state index in [1.54, 1.807) is 0 Å². The molecule has 0 N–H and O–H groups in total. The molecular formula is C19H24ClN3O. The predicted molar refractivity (Wildman–Crippen MR) is 97.4 cm³/mol. The van der Waals surface area contributed by atoms with Crippen LogP contribution in [0.3, 0.4) is 0 Å². The molecule has 0 radical (unpaired) electrons. The fourth-order valence-electron chi connectivity index (χ4n) is 3.87. The first-order chi connectivity index (χ1) is 11.8. The van der Waals surface area contributed by atoms with Crippen molar-refractivity contribution in [2.45, 2.75) is 25.4 Å². The number of piperidine rings is 1. The molecule has 2 aliphatic rings. The van der Waals surface area contributed by atoms with Crippen LogP contribution in [0.1, 0.15) is 18.5 Å². The van der Waals surface area contributed by atoms with Crippen LogP contribution in [0, 0.1) is 0 Å². The number of morpholine rings is 1. The summed E-state index contributed by atoms with van der Waals surface area (Å²) in [6.45, 7) is 7.15. The van der Waals surface area contributed by atoms with Crippen LogP contribution in [0.2, 0.25) is 5.02 Å². The Hall–Kier alpha value is -1.20. The van der Waals surface area contributed by atoms with Gasteiger partial charge in [-0.2, -0.15) is 0 Å². The van der Waals surface area contributed by atoms with E-state index in [0.717, 1.165) is 61.0 Å². The Labute approximate surface area is 148 Å². The Bertz CT molecular complexity index is 702. The van der Waals surface area contributed by atoms with Gasteiger partial charge in [-0.1, -0.05) is 17.7 Å². The fourth-order valence-corrected chi connectivity index (χ4v) is 4.05. The summed E-state index contributed by atoms with van der Waals surface area (Å²) in [5, 5.41) is 1.87. The van der Waals surface area contributed by atoms with Gasteiger partial charge in [0.15, 0.2) is 0 Å². The Balaban J connectivity index is 1.43. The molecule has 2 fully saturated rings. The molecule has 1 aromatic heterocycles. The Kier molecular flexibility index (Phi) is 4.99. The van der Waals surface area contributed by atoms with Crippen LogP contribution in [0.15, 0.2) is 30.3 Å². The molecule has 1 aromatic carbocycles. The van der Waals surface area contributed by atoms with E-state index < -0.39 is 0 Å². The average molecular weight is 346 g/mol. The lowest BCUT2D eigenvalue weighted by Gasteiger charge is -2.40. The third-order valence-electron chi connectivity index (χ3n) is 5.14. The van der Waals surface area contributed by atoms with Crippen molar-refractivity contribution in [1.29, 1.82) is 0 Å². The highest BCUT2D eigenvalue weighted by molar-refractivity contribution is 6.31. The summed E-state index contributed by atoms with van der Waals surface area (Å²) in [4.78, 5) is 9.97. The highest BCUT2D eigenvalue weighted by Gasteiger charge is 2.26. The minimum absolute atomic E-state index is 0.668. The summed E-state index contributed by atoms with van der Waals surface area (Å²) in [6.07, 6.45) is 2.57. The van der Waals surface area contributed by atoms with E-state index in [2.05, 4.69) is 21.9 Å². The number of halogens is 1. The van der Waals surface area contributed by atoms with Gasteiger partial charge in [-0.05, 0) is 43.7 Å². The van der Waals surface area contributed by atoms with Gasteiger partial charge in [-0.3, -0.25) is 14.8 Å². The monoisotopic (exact) mass is 345 g/mol. The van der Waals surface area contributed by atoms with Gasteiger partial charge in [-0.15, -0.1) is 0 Å². The van der Waals surface area contributed by atoms with E-state index in [1.165, 1.54) is 19.4 Å². The van der Waals surface area contributed by atoms with Crippen LogP contribution < -0.4 is 0 Å². The van der Waals surface area contributed by atoms with Crippen molar-refractivity contribution in [2.75, 3.05) is 39.4 Å². The predicted octanol–water partition coefficient (Wildman–Crippen LogP) is 3.18. The quantitative estimate of drug-likeness (QED) is 0.854. The summed E-state index contributed by atoms with van der Waals surface area (Å²) in [5.41, 5.74) is 2.17. The van der Waals surface area contributed by atoms with Crippen molar-refractivity contribution < 1.29 is 4.74 Å². The summed E-state index contributed by atoms with van der Waals surface area (Å²) >= 11 is 6.05. The van der Waals surface area contributed by atoms with Crippen molar-refractivity contribution in [1.82, 2.24) is 14.8 Å². The lowest BCUT2D eigenvalue weighted by molar-refractivity contribution is -0.00370. The summed E-state index contributed by atoms with van der Waals surface area (Å²) < 4.78 is 5.49. The number of hydrogen-bond donors (Lipinski definition) is 0. The van der Waals surface area contributed by atoms with Gasteiger partial charge < -0.3 is 4.74 Å². The number of aromatic nitrogens is 1. The zero-order chi connectivity index (χ0) is 16.4. The smallest absolute Gasteiger partial charge is 0.0706 e. The molecule has 5 heteroatoms. The average Bonchev–Trinajstić information content (AvgIpc) is 2.63. The maximum Gasteiger partial charge on any atom is 0.0706 e. The van der Waals surface area contributed by atoms with E-state index in [4.69, 9.17) is 21.3 Å². The Morgan fingerprint density at radius 2 is 2.00 bits per heavy atom. The highest BCUT2D eigenvalue weighted by Crippen LogP contribution is 2.21. The molecule has 24 heavy (non-hydrogen) atoms. The molecule has 128 valence electrons. The van der Waals surface area contributed by atoms with E-state index >= 15 is 0 Å². The number of likely N-dealkylation sites (tertiary alicyclic amines) is 1. The molecule has 0 amide bonds. The zero-order valence-electron chi connectivity index (χ0n) is 14.0. The van der Waals surface area contributed by atoms with Gasteiger partial charge in [0.1, 0.15) is 0 Å². The zero-order valence-corrected chi connectivity index (χ0v) is 14.7. The standard InChI is InChI=1S/C19H24ClN3O/c20-16-4-6-19-15(12-16)3-5-17(21-19)13-22-7-1-2-18(14-22)23-8-10-24-11-9-23/h3-6,12,18H,1-2,7-11,13-14H2/t18-/m1/s1. The lowest BCUT2D eigenvalue weighted by atomic mass is 10.0. The molecule has 3 heterocycles. The van der Waals surface area contributed by atoms with Crippen molar-refractivity contribution in [2.24, 2.45) is 0 Å². The lowest BCUT2D eigenvalue weighted by Crippen LogP contribution is -2.51. The second kappa shape index (κ2) is 7.36. The number of pyridine rings is 1. The summed E-state index contributed by atoms with van der Waals surface area (Å²) in [6, 6.07) is 10.8. The van der Waals surface area contributed by atoms with Gasteiger partial charge in [-0.25, -0.2) is 0 Å². The number of fused-ring (bicyclic) bond motifs is 1. The fraction of sp³-hybridized carbons (Fsp3) is 0.526. The first kappa shape index (κ1) is 16.3.